The van der Waals surface area contributed by atoms with Crippen molar-refractivity contribution in [2.75, 3.05) is 5.32 Å². The van der Waals surface area contributed by atoms with Crippen LogP contribution in [0.25, 0.3) is 0 Å². The minimum absolute atomic E-state index is 0.0352. The average Bonchev–Trinajstić information content (AvgIpc) is 3.44. The van der Waals surface area contributed by atoms with Crippen LogP contribution in [0.4, 0.5) is 5.69 Å². The molecule has 1 amide bonds. The number of rotatable bonds is 5. The molecule has 0 saturated heterocycles. The van der Waals surface area contributed by atoms with E-state index >= 15 is 0 Å². The fourth-order valence-corrected chi connectivity index (χ4v) is 6.22. The topological polar surface area (TPSA) is 66.5 Å². The van der Waals surface area contributed by atoms with Gasteiger partial charge in [0.15, 0.2) is 0 Å². The largest absolute Gasteiger partial charge is 0.326 e. The maximum Gasteiger partial charge on any atom is 0.244 e. The summed E-state index contributed by atoms with van der Waals surface area (Å²) in [5.41, 5.74) is 3.64. The second-order valence-corrected chi connectivity index (χ2v) is 9.97. The van der Waals surface area contributed by atoms with E-state index in [1.165, 1.54) is 0 Å². The third kappa shape index (κ3) is 3.81. The van der Waals surface area contributed by atoms with Crippen LogP contribution in [0.2, 0.25) is 0 Å². The van der Waals surface area contributed by atoms with Gasteiger partial charge in [0.05, 0.1) is 4.90 Å². The first-order valence-corrected chi connectivity index (χ1v) is 11.3. The molecule has 1 aliphatic heterocycles. The average molecular weight is 449 g/mol. The number of carbonyl (C=O) groups excluding carboxylic acids is 1. The first-order valence-electron chi connectivity index (χ1n) is 9.04. The standard InChI is InChI=1S/C20H21BrN2O3S/c1-13-3-2-4-14(9-13)12-23(16-6-7-16)27(25,26)19-11-18-15(10-17(19)21)5-8-20(24)22-18/h2-4,9-11,16H,5-8,12H2,1H3,(H,22,24). The molecule has 2 aromatic carbocycles. The van der Waals surface area contributed by atoms with E-state index in [1.807, 2.05) is 37.3 Å². The zero-order valence-electron chi connectivity index (χ0n) is 15.0. The van der Waals surface area contributed by atoms with Crippen LogP contribution in [0.5, 0.6) is 0 Å². The third-order valence-corrected chi connectivity index (χ3v) is 7.87. The lowest BCUT2D eigenvalue weighted by Crippen LogP contribution is -2.33. The van der Waals surface area contributed by atoms with Crippen LogP contribution in [0.3, 0.4) is 0 Å². The molecule has 1 N–H and O–H groups in total. The molecule has 0 unspecified atom stereocenters. The molecule has 0 atom stereocenters. The van der Waals surface area contributed by atoms with Gasteiger partial charge in [0.2, 0.25) is 15.9 Å². The van der Waals surface area contributed by atoms with Crippen molar-refractivity contribution in [3.8, 4) is 0 Å². The highest BCUT2D eigenvalue weighted by Crippen LogP contribution is 2.38. The Balaban J connectivity index is 1.72. The van der Waals surface area contributed by atoms with Crippen molar-refractivity contribution in [3.05, 3.63) is 57.6 Å². The molecule has 1 fully saturated rings. The van der Waals surface area contributed by atoms with Crippen molar-refractivity contribution in [2.24, 2.45) is 0 Å². The van der Waals surface area contributed by atoms with Crippen LogP contribution in [-0.2, 0) is 27.8 Å². The van der Waals surface area contributed by atoms with Gasteiger partial charge in [-0.1, -0.05) is 29.8 Å². The number of nitrogens with zero attached hydrogens (tertiary/aromatic N) is 1. The summed E-state index contributed by atoms with van der Waals surface area (Å²) in [6, 6.07) is 11.4. The number of benzene rings is 2. The minimum Gasteiger partial charge on any atom is -0.326 e. The van der Waals surface area contributed by atoms with Crippen LogP contribution in [-0.4, -0.2) is 24.7 Å². The third-order valence-electron chi connectivity index (χ3n) is 5.01. The summed E-state index contributed by atoms with van der Waals surface area (Å²) in [5.74, 6) is -0.0769. The summed E-state index contributed by atoms with van der Waals surface area (Å²) >= 11 is 3.44. The number of sulfonamides is 1. The van der Waals surface area contributed by atoms with E-state index in [4.69, 9.17) is 0 Å². The van der Waals surface area contributed by atoms with E-state index in [2.05, 4.69) is 21.2 Å². The van der Waals surface area contributed by atoms with Crippen LogP contribution < -0.4 is 5.32 Å². The monoisotopic (exact) mass is 448 g/mol. The molecule has 0 aromatic heterocycles. The fourth-order valence-electron chi connectivity index (χ4n) is 3.47. The van der Waals surface area contributed by atoms with E-state index in [9.17, 15) is 13.2 Å². The number of hydrogen-bond donors (Lipinski definition) is 1. The molecule has 142 valence electrons. The van der Waals surface area contributed by atoms with Gasteiger partial charge in [-0.2, -0.15) is 4.31 Å². The number of aryl methyl sites for hydroxylation is 2. The number of halogens is 1. The molecular formula is C20H21BrN2O3S. The smallest absolute Gasteiger partial charge is 0.244 e. The quantitative estimate of drug-likeness (QED) is 0.751. The molecule has 0 bridgehead atoms. The van der Waals surface area contributed by atoms with E-state index in [1.54, 1.807) is 10.4 Å². The Morgan fingerprint density at radius 2 is 1.96 bits per heavy atom. The van der Waals surface area contributed by atoms with Gasteiger partial charge in [0.1, 0.15) is 0 Å². The zero-order chi connectivity index (χ0) is 19.2. The number of nitrogens with one attached hydrogen (secondary N) is 1. The summed E-state index contributed by atoms with van der Waals surface area (Å²) in [7, 11) is -3.70. The van der Waals surface area contributed by atoms with Crippen molar-refractivity contribution < 1.29 is 13.2 Å². The van der Waals surface area contributed by atoms with Gasteiger partial charge in [-0.25, -0.2) is 8.42 Å². The molecule has 4 rings (SSSR count). The number of amides is 1. The van der Waals surface area contributed by atoms with E-state index in [0.717, 1.165) is 29.5 Å². The Morgan fingerprint density at radius 3 is 2.67 bits per heavy atom. The van der Waals surface area contributed by atoms with Crippen LogP contribution in [0.1, 0.15) is 36.0 Å². The first kappa shape index (κ1) is 18.7. The highest BCUT2D eigenvalue weighted by molar-refractivity contribution is 9.10. The molecule has 7 heteroatoms. The van der Waals surface area contributed by atoms with Gasteiger partial charge < -0.3 is 5.32 Å². The highest BCUT2D eigenvalue weighted by Gasteiger charge is 2.39. The van der Waals surface area contributed by atoms with Crippen LogP contribution in [0, 0.1) is 6.92 Å². The van der Waals surface area contributed by atoms with Gasteiger partial charge in [-0.3, -0.25) is 4.79 Å². The lowest BCUT2D eigenvalue weighted by molar-refractivity contribution is -0.116. The van der Waals surface area contributed by atoms with Crippen LogP contribution in [0.15, 0.2) is 45.8 Å². The van der Waals surface area contributed by atoms with Crippen molar-refractivity contribution in [3.63, 3.8) is 0 Å². The molecular weight excluding hydrogens is 428 g/mol. The Bertz CT molecular complexity index is 1020. The molecule has 27 heavy (non-hydrogen) atoms. The summed E-state index contributed by atoms with van der Waals surface area (Å²) in [5, 5.41) is 2.80. The Hall–Kier alpha value is -1.70. The van der Waals surface area contributed by atoms with Gasteiger partial charge in [-0.15, -0.1) is 0 Å². The lowest BCUT2D eigenvalue weighted by atomic mass is 10.0. The highest BCUT2D eigenvalue weighted by atomic mass is 79.9. The number of anilines is 1. The maximum absolute atomic E-state index is 13.5. The van der Waals surface area contributed by atoms with Crippen molar-refractivity contribution in [1.82, 2.24) is 4.31 Å². The lowest BCUT2D eigenvalue weighted by Gasteiger charge is -2.25. The Morgan fingerprint density at radius 1 is 1.19 bits per heavy atom. The molecule has 1 heterocycles. The summed E-state index contributed by atoms with van der Waals surface area (Å²) < 4.78 is 29.1. The predicted octanol–water partition coefficient (Wildman–Crippen LogP) is 4.00. The second kappa shape index (κ2) is 7.04. The maximum atomic E-state index is 13.5. The van der Waals surface area contributed by atoms with Gasteiger partial charge in [-0.05, 0) is 65.4 Å². The van der Waals surface area contributed by atoms with Gasteiger partial charge >= 0.3 is 0 Å². The van der Waals surface area contributed by atoms with Crippen molar-refractivity contribution >= 4 is 37.5 Å². The normalized spacial score (nSPS) is 16.9. The Labute approximate surface area is 167 Å². The van der Waals surface area contributed by atoms with Gasteiger partial charge in [0.25, 0.3) is 0 Å². The Kier molecular flexibility index (Phi) is 4.86. The molecule has 1 aliphatic carbocycles. The van der Waals surface area contributed by atoms with Gasteiger partial charge in [0, 0.05) is 29.2 Å². The predicted molar refractivity (Wildman–Crippen MR) is 108 cm³/mol. The fraction of sp³-hybridized carbons (Fsp3) is 0.350. The van der Waals surface area contributed by atoms with E-state index in [-0.39, 0.29) is 16.8 Å². The van der Waals surface area contributed by atoms with Crippen LogP contribution >= 0.6 is 15.9 Å². The SMILES string of the molecule is Cc1cccc(CN(C2CC2)S(=O)(=O)c2cc3c(cc2Br)CCC(=O)N3)c1. The van der Waals surface area contributed by atoms with E-state index < -0.39 is 10.0 Å². The summed E-state index contributed by atoms with van der Waals surface area (Å²) in [6.45, 7) is 2.35. The molecule has 0 radical (unpaired) electrons. The minimum atomic E-state index is -3.70. The van der Waals surface area contributed by atoms with Crippen molar-refractivity contribution in [1.29, 1.82) is 0 Å². The number of fused-ring (bicyclic) bond motifs is 1. The van der Waals surface area contributed by atoms with Crippen molar-refractivity contribution in [2.45, 2.75) is 50.1 Å². The molecule has 2 aliphatic rings. The first-order chi connectivity index (χ1) is 12.8. The number of carbonyl (C=O) groups is 1. The number of hydrogen-bond acceptors (Lipinski definition) is 3. The second-order valence-electron chi connectivity index (χ2n) is 7.26. The van der Waals surface area contributed by atoms with E-state index in [0.29, 0.717) is 29.5 Å². The summed E-state index contributed by atoms with van der Waals surface area (Å²) in [6.07, 6.45) is 2.80. The molecule has 0 spiro atoms. The zero-order valence-corrected chi connectivity index (χ0v) is 17.4. The molecule has 1 saturated carbocycles. The summed E-state index contributed by atoms with van der Waals surface area (Å²) in [4.78, 5) is 11.9. The molecule has 5 nitrogen and oxygen atoms in total. The molecule has 2 aromatic rings.